The van der Waals surface area contributed by atoms with Crippen molar-refractivity contribution in [1.29, 1.82) is 0 Å². The van der Waals surface area contributed by atoms with E-state index >= 15 is 0 Å². The lowest BCUT2D eigenvalue weighted by Crippen LogP contribution is -2.50. The second-order valence-corrected chi connectivity index (χ2v) is 8.29. The molecule has 2 aliphatic rings. The van der Waals surface area contributed by atoms with Crippen molar-refractivity contribution in [3.05, 3.63) is 93.2 Å². The lowest BCUT2D eigenvalue weighted by atomic mass is 9.79. The van der Waals surface area contributed by atoms with Crippen LogP contribution in [0.4, 0.5) is 4.39 Å². The van der Waals surface area contributed by atoms with Crippen molar-refractivity contribution < 1.29 is 14.3 Å². The number of benzene rings is 2. The summed E-state index contributed by atoms with van der Waals surface area (Å²) in [5, 5.41) is 14.8. The number of aromatic hydroxyl groups is 1. The molecule has 1 fully saturated rings. The van der Waals surface area contributed by atoms with Gasteiger partial charge >= 0.3 is 0 Å². The highest BCUT2D eigenvalue weighted by atomic mass is 19.1. The van der Waals surface area contributed by atoms with Crippen LogP contribution < -0.4 is 5.43 Å². The minimum absolute atomic E-state index is 0.0737. The molecule has 5 rings (SSSR count). The molecule has 31 heavy (non-hydrogen) atoms. The number of carbonyl (C=O) groups excluding carboxylic acids is 1. The Labute approximate surface area is 178 Å². The first-order valence-corrected chi connectivity index (χ1v) is 10.4. The number of fused-ring (bicyclic) bond motifs is 2. The molecule has 0 spiro atoms. The first-order valence-electron chi connectivity index (χ1n) is 10.4. The molecule has 7 heteroatoms. The molecule has 1 saturated heterocycles. The number of carbonyl (C=O) groups is 1. The molecule has 158 valence electrons. The number of rotatable bonds is 3. The van der Waals surface area contributed by atoms with Gasteiger partial charge in [-0.2, -0.15) is 5.10 Å². The van der Waals surface area contributed by atoms with Crippen LogP contribution in [0.2, 0.25) is 0 Å². The summed E-state index contributed by atoms with van der Waals surface area (Å²) in [5.41, 5.74) is 2.21. The van der Waals surface area contributed by atoms with Gasteiger partial charge in [0.1, 0.15) is 5.82 Å². The van der Waals surface area contributed by atoms with Crippen LogP contribution in [0, 0.1) is 12.7 Å². The maximum absolute atomic E-state index is 13.7. The van der Waals surface area contributed by atoms with Gasteiger partial charge in [0.2, 0.25) is 5.43 Å². The Morgan fingerprint density at radius 3 is 2.65 bits per heavy atom. The van der Waals surface area contributed by atoms with Crippen molar-refractivity contribution in [2.75, 3.05) is 6.54 Å². The van der Waals surface area contributed by atoms with Gasteiger partial charge in [0.25, 0.3) is 5.91 Å². The van der Waals surface area contributed by atoms with Crippen LogP contribution in [0.5, 0.6) is 5.75 Å². The van der Waals surface area contributed by atoms with E-state index in [1.165, 1.54) is 16.8 Å². The molecule has 2 aliphatic heterocycles. The van der Waals surface area contributed by atoms with E-state index in [1.807, 2.05) is 25.1 Å². The minimum Gasteiger partial charge on any atom is -0.502 e. The Morgan fingerprint density at radius 2 is 1.90 bits per heavy atom. The molecule has 0 bridgehead atoms. The Bertz CT molecular complexity index is 1220. The maximum Gasteiger partial charge on any atom is 0.276 e. The number of amides is 1. The molecule has 3 aromatic rings. The summed E-state index contributed by atoms with van der Waals surface area (Å²) < 4.78 is 15.2. The number of halogens is 1. The Kier molecular flexibility index (Phi) is 4.61. The van der Waals surface area contributed by atoms with E-state index in [-0.39, 0.29) is 35.4 Å². The van der Waals surface area contributed by atoms with Gasteiger partial charge in [0, 0.05) is 12.5 Å². The zero-order valence-electron chi connectivity index (χ0n) is 17.0. The summed E-state index contributed by atoms with van der Waals surface area (Å²) in [6, 6.07) is 13.9. The molecule has 6 nitrogen and oxygen atoms in total. The molecule has 0 aliphatic carbocycles. The van der Waals surface area contributed by atoms with Crippen LogP contribution in [-0.2, 0) is 0 Å². The van der Waals surface area contributed by atoms with Crippen molar-refractivity contribution >= 4 is 5.91 Å². The van der Waals surface area contributed by atoms with E-state index in [9.17, 15) is 19.1 Å². The normalized spacial score (nSPS) is 21.0. The van der Waals surface area contributed by atoms with Crippen LogP contribution in [0.25, 0.3) is 0 Å². The first kappa shape index (κ1) is 19.5. The monoisotopic (exact) mass is 419 g/mol. The van der Waals surface area contributed by atoms with E-state index in [0.29, 0.717) is 6.54 Å². The van der Waals surface area contributed by atoms with E-state index in [0.717, 1.165) is 35.7 Å². The highest BCUT2D eigenvalue weighted by Crippen LogP contribution is 2.45. The second kappa shape index (κ2) is 7.34. The van der Waals surface area contributed by atoms with Gasteiger partial charge in [-0.1, -0.05) is 42.0 Å². The second-order valence-electron chi connectivity index (χ2n) is 8.29. The van der Waals surface area contributed by atoms with Crippen LogP contribution in [0.1, 0.15) is 52.0 Å². The van der Waals surface area contributed by atoms with Crippen LogP contribution in [0.3, 0.4) is 0 Å². The number of aryl methyl sites for hydroxylation is 1. The molecule has 1 aromatic heterocycles. The SMILES string of the molecule is Cc1cccc([C@H](c2ccc(F)cc2)[C@H]2[C@H]3CCCN3C(=O)c3c(O)c(=O)cnn32)c1. The van der Waals surface area contributed by atoms with Gasteiger partial charge in [-0.15, -0.1) is 0 Å². The summed E-state index contributed by atoms with van der Waals surface area (Å²) >= 11 is 0. The topological polar surface area (TPSA) is 75.4 Å². The highest BCUT2D eigenvalue weighted by molar-refractivity contribution is 5.96. The fourth-order valence-electron chi connectivity index (χ4n) is 5.07. The van der Waals surface area contributed by atoms with Crippen molar-refractivity contribution in [3.63, 3.8) is 0 Å². The first-order chi connectivity index (χ1) is 15.0. The fourth-order valence-corrected chi connectivity index (χ4v) is 5.07. The Morgan fingerprint density at radius 1 is 1.13 bits per heavy atom. The van der Waals surface area contributed by atoms with Gasteiger partial charge in [-0.05, 0) is 43.0 Å². The lowest BCUT2D eigenvalue weighted by Gasteiger charge is -2.42. The van der Waals surface area contributed by atoms with E-state index in [2.05, 4.69) is 11.2 Å². The smallest absolute Gasteiger partial charge is 0.276 e. The van der Waals surface area contributed by atoms with Crippen molar-refractivity contribution in [2.45, 2.75) is 37.8 Å². The molecular formula is C24H22FN3O3. The number of aromatic nitrogens is 2. The van der Waals surface area contributed by atoms with Gasteiger partial charge in [0.05, 0.1) is 18.3 Å². The van der Waals surface area contributed by atoms with Crippen molar-refractivity contribution in [3.8, 4) is 5.75 Å². The highest BCUT2D eigenvalue weighted by Gasteiger charge is 2.48. The lowest BCUT2D eigenvalue weighted by molar-refractivity contribution is 0.0565. The molecule has 0 unspecified atom stereocenters. The van der Waals surface area contributed by atoms with Gasteiger partial charge < -0.3 is 10.0 Å². The minimum atomic E-state index is -0.676. The summed E-state index contributed by atoms with van der Waals surface area (Å²) in [7, 11) is 0. The maximum atomic E-state index is 13.7. The zero-order chi connectivity index (χ0) is 21.7. The fraction of sp³-hybridized carbons (Fsp3) is 0.292. The molecule has 3 heterocycles. The number of hydrogen-bond acceptors (Lipinski definition) is 4. The summed E-state index contributed by atoms with van der Waals surface area (Å²) in [6.45, 7) is 2.57. The predicted octanol–water partition coefficient (Wildman–Crippen LogP) is 3.39. The predicted molar refractivity (Wildman–Crippen MR) is 113 cm³/mol. The third-order valence-corrected chi connectivity index (χ3v) is 6.40. The Hall–Kier alpha value is -3.48. The quantitative estimate of drug-likeness (QED) is 0.706. The molecule has 1 amide bonds. The average Bonchev–Trinajstić information content (AvgIpc) is 3.24. The Balaban J connectivity index is 1.78. The van der Waals surface area contributed by atoms with Gasteiger partial charge in [-0.3, -0.25) is 14.3 Å². The van der Waals surface area contributed by atoms with E-state index < -0.39 is 11.2 Å². The molecular weight excluding hydrogens is 397 g/mol. The van der Waals surface area contributed by atoms with Gasteiger partial charge in [0.15, 0.2) is 11.4 Å². The molecule has 2 aromatic carbocycles. The average molecular weight is 419 g/mol. The number of hydrogen-bond donors (Lipinski definition) is 1. The third-order valence-electron chi connectivity index (χ3n) is 6.40. The molecule has 1 N–H and O–H groups in total. The zero-order valence-corrected chi connectivity index (χ0v) is 17.0. The van der Waals surface area contributed by atoms with E-state index in [1.54, 1.807) is 17.0 Å². The summed E-state index contributed by atoms with van der Waals surface area (Å²) in [5.74, 6) is -1.53. The van der Waals surface area contributed by atoms with Crippen LogP contribution >= 0.6 is 0 Å². The van der Waals surface area contributed by atoms with E-state index in [4.69, 9.17) is 0 Å². The molecule has 0 radical (unpaired) electrons. The largest absolute Gasteiger partial charge is 0.502 e. The summed E-state index contributed by atoms with van der Waals surface area (Å²) in [6.07, 6.45) is 2.67. The standard InChI is InChI=1S/C24H22FN3O3/c1-14-4-2-5-16(12-14)20(15-7-9-17(25)10-8-15)21-18-6-3-11-27(18)24(31)22-23(30)19(29)13-26-28(21)22/h2,4-5,7-10,12-13,18,20-21,30H,3,6,11H2,1H3/t18-,20+,21-/m1/s1. The number of nitrogens with zero attached hydrogens (tertiary/aromatic N) is 3. The van der Waals surface area contributed by atoms with Gasteiger partial charge in [-0.25, -0.2) is 4.39 Å². The molecule has 0 saturated carbocycles. The van der Waals surface area contributed by atoms with Crippen LogP contribution in [0.15, 0.2) is 59.5 Å². The third kappa shape index (κ3) is 3.12. The van der Waals surface area contributed by atoms with Crippen LogP contribution in [-0.4, -0.2) is 38.3 Å². The molecule has 3 atom stereocenters. The van der Waals surface area contributed by atoms with Crippen molar-refractivity contribution in [2.24, 2.45) is 0 Å². The van der Waals surface area contributed by atoms with Crippen molar-refractivity contribution in [1.82, 2.24) is 14.7 Å². The summed E-state index contributed by atoms with van der Waals surface area (Å²) in [4.78, 5) is 27.0.